The van der Waals surface area contributed by atoms with Gasteiger partial charge in [0.1, 0.15) is 0 Å². The number of fused-ring (bicyclic) bond motifs is 1. The van der Waals surface area contributed by atoms with Gasteiger partial charge < -0.3 is 20.1 Å². The van der Waals surface area contributed by atoms with E-state index in [2.05, 4.69) is 26.8 Å². The van der Waals surface area contributed by atoms with E-state index in [0.717, 1.165) is 32.1 Å². The molecule has 0 aromatic carbocycles. The summed E-state index contributed by atoms with van der Waals surface area (Å²) in [6.07, 6.45) is 11.6. The van der Waals surface area contributed by atoms with Crippen molar-refractivity contribution in [3.8, 4) is 0 Å². The van der Waals surface area contributed by atoms with Crippen molar-refractivity contribution in [2.24, 2.45) is 23.7 Å². The molecule has 0 bridgehead atoms. The van der Waals surface area contributed by atoms with Crippen LogP contribution in [0, 0.1) is 23.7 Å². The number of aliphatic carboxylic acids is 1. The molecule has 166 valence electrons. The molecule has 5 nitrogen and oxygen atoms in total. The van der Waals surface area contributed by atoms with E-state index in [1.54, 1.807) is 0 Å². The number of carboxylic acids is 1. The van der Waals surface area contributed by atoms with Crippen LogP contribution in [0.25, 0.3) is 0 Å². The van der Waals surface area contributed by atoms with Gasteiger partial charge in [0.25, 0.3) is 0 Å². The Morgan fingerprint density at radius 1 is 1.28 bits per heavy atom. The Hall–Kier alpha value is -1.17. The van der Waals surface area contributed by atoms with E-state index in [1.165, 1.54) is 5.57 Å². The number of hydrogen-bond donors (Lipinski definition) is 3. The summed E-state index contributed by atoms with van der Waals surface area (Å²) >= 11 is 0. The van der Waals surface area contributed by atoms with Crippen molar-refractivity contribution in [3.63, 3.8) is 0 Å². The lowest BCUT2D eigenvalue weighted by Gasteiger charge is -2.22. The first-order valence-corrected chi connectivity index (χ1v) is 11.3. The van der Waals surface area contributed by atoms with Crippen molar-refractivity contribution >= 4 is 5.97 Å². The van der Waals surface area contributed by atoms with Crippen LogP contribution in [0.2, 0.25) is 0 Å². The highest BCUT2D eigenvalue weighted by molar-refractivity contribution is 5.66. The summed E-state index contributed by atoms with van der Waals surface area (Å²) < 4.78 is 6.12. The van der Waals surface area contributed by atoms with Gasteiger partial charge in [-0.2, -0.15) is 0 Å². The van der Waals surface area contributed by atoms with Crippen LogP contribution in [-0.4, -0.2) is 46.2 Å². The summed E-state index contributed by atoms with van der Waals surface area (Å²) in [5.74, 6) is 0.150. The minimum Gasteiger partial charge on any atom is -0.481 e. The lowest BCUT2D eigenvalue weighted by molar-refractivity contribution is -0.137. The highest BCUT2D eigenvalue weighted by Crippen LogP contribution is 2.42. The predicted molar refractivity (Wildman–Crippen MR) is 115 cm³/mol. The van der Waals surface area contributed by atoms with Crippen LogP contribution in [0.15, 0.2) is 23.8 Å². The Morgan fingerprint density at radius 3 is 2.72 bits per heavy atom. The number of allylic oxidation sites excluding steroid dienone is 2. The third-order valence-corrected chi connectivity index (χ3v) is 6.64. The van der Waals surface area contributed by atoms with Crippen molar-refractivity contribution in [2.75, 3.05) is 6.61 Å². The Labute approximate surface area is 175 Å². The predicted octanol–water partition coefficient (Wildman–Crippen LogP) is 4.33. The summed E-state index contributed by atoms with van der Waals surface area (Å²) in [7, 11) is 0. The average molecular weight is 409 g/mol. The second kappa shape index (κ2) is 11.9. The third-order valence-electron chi connectivity index (χ3n) is 6.64. The number of aliphatic hydroxyl groups excluding tert-OH is 2. The largest absolute Gasteiger partial charge is 0.481 e. The number of carbonyl (C=O) groups is 1. The molecule has 29 heavy (non-hydrogen) atoms. The molecule has 5 heteroatoms. The molecule has 1 aliphatic heterocycles. The van der Waals surface area contributed by atoms with E-state index >= 15 is 0 Å². The monoisotopic (exact) mass is 408 g/mol. The van der Waals surface area contributed by atoms with Crippen molar-refractivity contribution in [1.29, 1.82) is 0 Å². The Morgan fingerprint density at radius 2 is 2.03 bits per heavy atom. The molecular weight excluding hydrogens is 368 g/mol. The SMILES string of the molecule is CC(C)=CCC[C@H](C)[C@H](O)/C=C/[C@@H]1[C@H]2CC[C@H](CCCC(=O)O)CO[C@H]2C[C@H]1O. The number of rotatable bonds is 10. The smallest absolute Gasteiger partial charge is 0.303 e. The van der Waals surface area contributed by atoms with Gasteiger partial charge in [0, 0.05) is 25.4 Å². The third kappa shape index (κ3) is 7.88. The lowest BCUT2D eigenvalue weighted by Crippen LogP contribution is -2.22. The Kier molecular flexibility index (Phi) is 9.87. The van der Waals surface area contributed by atoms with Crippen LogP contribution in [0.4, 0.5) is 0 Å². The quantitative estimate of drug-likeness (QED) is 0.468. The zero-order chi connectivity index (χ0) is 21.4. The molecule has 7 atom stereocenters. The number of ether oxygens (including phenoxy) is 1. The molecule has 0 unspecified atom stereocenters. The Bertz CT molecular complexity index is 566. The second-order valence-electron chi connectivity index (χ2n) is 9.36. The van der Waals surface area contributed by atoms with Gasteiger partial charge in [-0.25, -0.2) is 0 Å². The summed E-state index contributed by atoms with van der Waals surface area (Å²) in [6.45, 7) is 6.90. The fourth-order valence-corrected chi connectivity index (χ4v) is 4.72. The molecule has 1 heterocycles. The number of hydrogen-bond acceptors (Lipinski definition) is 4. The zero-order valence-corrected chi connectivity index (χ0v) is 18.3. The maximum Gasteiger partial charge on any atom is 0.303 e. The van der Waals surface area contributed by atoms with Crippen LogP contribution in [0.1, 0.15) is 72.1 Å². The van der Waals surface area contributed by atoms with Gasteiger partial charge in [0.05, 0.1) is 18.3 Å². The molecule has 3 N–H and O–H groups in total. The van der Waals surface area contributed by atoms with Gasteiger partial charge in [0.2, 0.25) is 0 Å². The highest BCUT2D eigenvalue weighted by atomic mass is 16.5. The molecule has 0 aromatic heterocycles. The van der Waals surface area contributed by atoms with E-state index < -0.39 is 18.2 Å². The minimum absolute atomic E-state index is 0.0254. The van der Waals surface area contributed by atoms with E-state index in [0.29, 0.717) is 25.4 Å². The van der Waals surface area contributed by atoms with Crippen molar-refractivity contribution in [2.45, 2.75) is 90.4 Å². The van der Waals surface area contributed by atoms with Crippen LogP contribution in [0.5, 0.6) is 0 Å². The molecule has 0 radical (unpaired) electrons. The highest BCUT2D eigenvalue weighted by Gasteiger charge is 2.43. The summed E-state index contributed by atoms with van der Waals surface area (Å²) in [6, 6.07) is 0. The normalized spacial score (nSPS) is 31.8. The van der Waals surface area contributed by atoms with Gasteiger partial charge in [0.15, 0.2) is 0 Å². The standard InChI is InChI=1S/C24H40O5/c1-16(2)6-4-7-17(3)21(25)13-12-19-20-11-10-18(8-5-9-24(27)28)15-29-23(20)14-22(19)26/h6,12-13,17-23,25-26H,4-5,7-11,14-15H2,1-3H3,(H,27,28)/b13-12+/t17-,18-,19+,20+,21+,22+,23-/m0/s1. The number of carboxylic acid groups (broad SMARTS) is 1. The van der Waals surface area contributed by atoms with Crippen LogP contribution in [0.3, 0.4) is 0 Å². The first-order chi connectivity index (χ1) is 13.8. The lowest BCUT2D eigenvalue weighted by atomic mass is 9.86. The topological polar surface area (TPSA) is 87.0 Å². The molecule has 0 amide bonds. The fraction of sp³-hybridized carbons (Fsp3) is 0.792. The van der Waals surface area contributed by atoms with E-state index in [4.69, 9.17) is 9.84 Å². The van der Waals surface area contributed by atoms with Gasteiger partial charge in [-0.15, -0.1) is 0 Å². The van der Waals surface area contributed by atoms with Crippen molar-refractivity contribution < 1.29 is 24.9 Å². The van der Waals surface area contributed by atoms with E-state index in [9.17, 15) is 15.0 Å². The Balaban J connectivity index is 1.86. The molecule has 2 rings (SSSR count). The van der Waals surface area contributed by atoms with Crippen molar-refractivity contribution in [1.82, 2.24) is 0 Å². The average Bonchev–Trinajstić information content (AvgIpc) is 2.81. The summed E-state index contributed by atoms with van der Waals surface area (Å²) in [4.78, 5) is 10.7. The molecule has 1 saturated carbocycles. The molecule has 0 spiro atoms. The first kappa shape index (κ1) is 24.1. The fourth-order valence-electron chi connectivity index (χ4n) is 4.72. The molecule has 0 aromatic rings. The maximum absolute atomic E-state index is 10.7. The van der Waals surface area contributed by atoms with Crippen LogP contribution < -0.4 is 0 Å². The summed E-state index contributed by atoms with van der Waals surface area (Å²) in [5.41, 5.74) is 1.30. The van der Waals surface area contributed by atoms with Crippen molar-refractivity contribution in [3.05, 3.63) is 23.8 Å². The van der Waals surface area contributed by atoms with Crippen LogP contribution in [-0.2, 0) is 9.53 Å². The van der Waals surface area contributed by atoms with Crippen LogP contribution >= 0.6 is 0 Å². The van der Waals surface area contributed by atoms with Gasteiger partial charge in [-0.3, -0.25) is 4.79 Å². The summed E-state index contributed by atoms with van der Waals surface area (Å²) in [5, 5.41) is 29.9. The molecule has 1 aliphatic carbocycles. The minimum atomic E-state index is -0.738. The molecular formula is C24H40O5. The second-order valence-corrected chi connectivity index (χ2v) is 9.36. The molecule has 2 aliphatic rings. The van der Waals surface area contributed by atoms with E-state index in [1.807, 2.05) is 12.2 Å². The zero-order valence-electron chi connectivity index (χ0n) is 18.3. The van der Waals surface area contributed by atoms with E-state index in [-0.39, 0.29) is 30.3 Å². The maximum atomic E-state index is 10.7. The van der Waals surface area contributed by atoms with Gasteiger partial charge >= 0.3 is 5.97 Å². The number of aliphatic hydroxyl groups is 2. The van der Waals surface area contributed by atoms with Gasteiger partial charge in [-0.1, -0.05) is 30.7 Å². The first-order valence-electron chi connectivity index (χ1n) is 11.3. The molecule has 1 saturated heterocycles. The van der Waals surface area contributed by atoms with Gasteiger partial charge in [-0.05, 0) is 70.1 Å². The molecule has 2 fully saturated rings.